The zero-order valence-electron chi connectivity index (χ0n) is 21.2. The van der Waals surface area contributed by atoms with E-state index in [0.717, 1.165) is 19.4 Å². The molecule has 0 radical (unpaired) electrons. The highest BCUT2D eigenvalue weighted by atomic mass is 35.5. The Hall–Kier alpha value is -4.09. The van der Waals surface area contributed by atoms with E-state index in [0.29, 0.717) is 39.2 Å². The highest BCUT2D eigenvalue weighted by molar-refractivity contribution is 6.31. The molecule has 0 saturated carbocycles. The average Bonchev–Trinajstić information content (AvgIpc) is 3.32. The van der Waals surface area contributed by atoms with Crippen LogP contribution in [-0.4, -0.2) is 45.0 Å². The molecular weight excluding hydrogens is 534 g/mol. The summed E-state index contributed by atoms with van der Waals surface area (Å²) in [5.74, 6) is -2.30. The largest absolute Gasteiger partial charge is 0.487 e. The molecule has 9 nitrogen and oxygen atoms in total. The lowest BCUT2D eigenvalue weighted by Gasteiger charge is -2.21. The number of aryl methyl sites for hydroxylation is 1. The first-order chi connectivity index (χ1) is 18.6. The van der Waals surface area contributed by atoms with Crippen LogP contribution in [0.4, 0.5) is 8.78 Å². The van der Waals surface area contributed by atoms with E-state index in [4.69, 9.17) is 16.3 Å². The summed E-state index contributed by atoms with van der Waals surface area (Å²) in [5, 5.41) is 17.2. The van der Waals surface area contributed by atoms with Gasteiger partial charge in [0.25, 0.3) is 0 Å². The molecule has 2 aromatic carbocycles. The van der Waals surface area contributed by atoms with Crippen LogP contribution >= 0.6 is 11.6 Å². The summed E-state index contributed by atoms with van der Waals surface area (Å²) in [6, 6.07) is 8.65. The number of nitrogens with one attached hydrogen (secondary N) is 1. The molecule has 4 rings (SSSR count). The normalized spacial score (nSPS) is 12.7. The number of aliphatic hydroxyl groups is 1. The lowest BCUT2D eigenvalue weighted by Crippen LogP contribution is -2.33. The number of hydrogen-bond acceptors (Lipinski definition) is 7. The topological polar surface area (TPSA) is 116 Å². The standard InChI is InChI=1S/C27H25ClF2N4O5/c1-14-7-22(34-12-17(30)11-31-34)18-5-4-6-24(26(18)32-14)39-13-20-19(8-16(29)9-21(20)28)15(2)33-25(36)10-23(35)27(37)38-3/h4-9,11-12,15,23,35H,10,13H2,1-3H3,(H,33,36)/t15-,23+/m0/s1. The van der Waals surface area contributed by atoms with Crippen LogP contribution < -0.4 is 10.1 Å². The number of benzene rings is 2. The highest BCUT2D eigenvalue weighted by Gasteiger charge is 2.23. The molecule has 2 heterocycles. The third kappa shape index (κ3) is 6.32. The number of carbonyl (C=O) groups excluding carboxylic acids is 2. The summed E-state index contributed by atoms with van der Waals surface area (Å²) in [5.41, 5.74) is 2.52. The predicted molar refractivity (Wildman–Crippen MR) is 138 cm³/mol. The van der Waals surface area contributed by atoms with Crippen molar-refractivity contribution >= 4 is 34.4 Å². The van der Waals surface area contributed by atoms with Crippen LogP contribution in [0.25, 0.3) is 16.6 Å². The van der Waals surface area contributed by atoms with Crippen molar-refractivity contribution in [1.82, 2.24) is 20.1 Å². The van der Waals surface area contributed by atoms with E-state index in [1.54, 1.807) is 38.1 Å². The number of hydrogen-bond donors (Lipinski definition) is 2. The Morgan fingerprint density at radius 2 is 1.97 bits per heavy atom. The quantitative estimate of drug-likeness (QED) is 0.294. The molecule has 0 fully saturated rings. The van der Waals surface area contributed by atoms with Gasteiger partial charge in [-0.05, 0) is 43.7 Å². The second-order valence-electron chi connectivity index (χ2n) is 8.81. The molecule has 2 atom stereocenters. The minimum Gasteiger partial charge on any atom is -0.487 e. The van der Waals surface area contributed by atoms with E-state index in [1.165, 1.54) is 16.9 Å². The smallest absolute Gasteiger partial charge is 0.335 e. The first kappa shape index (κ1) is 27.9. The van der Waals surface area contributed by atoms with Gasteiger partial charge in [0.15, 0.2) is 11.9 Å². The molecule has 0 aliphatic rings. The molecule has 2 N–H and O–H groups in total. The zero-order valence-corrected chi connectivity index (χ0v) is 22.0. The van der Waals surface area contributed by atoms with Gasteiger partial charge in [0.2, 0.25) is 5.91 Å². The Kier molecular flexibility index (Phi) is 8.41. The molecule has 0 spiro atoms. The fourth-order valence-corrected chi connectivity index (χ4v) is 4.42. The summed E-state index contributed by atoms with van der Waals surface area (Å²) in [4.78, 5) is 28.4. The molecule has 1 amide bonds. The number of para-hydroxylation sites is 1. The molecule has 4 aromatic rings. The number of aliphatic hydroxyl groups excluding tert-OH is 1. The van der Waals surface area contributed by atoms with Crippen molar-refractivity contribution in [1.29, 1.82) is 0 Å². The van der Waals surface area contributed by atoms with Crippen LogP contribution in [-0.2, 0) is 20.9 Å². The first-order valence-electron chi connectivity index (χ1n) is 11.8. The van der Waals surface area contributed by atoms with Crippen LogP contribution in [0.5, 0.6) is 5.75 Å². The number of nitrogens with zero attached hydrogens (tertiary/aromatic N) is 3. The molecule has 12 heteroatoms. The van der Waals surface area contributed by atoms with Gasteiger partial charge < -0.3 is 19.9 Å². The number of methoxy groups -OCH3 is 1. The van der Waals surface area contributed by atoms with E-state index in [9.17, 15) is 23.5 Å². The maximum Gasteiger partial charge on any atom is 0.335 e. The van der Waals surface area contributed by atoms with E-state index in [-0.39, 0.29) is 11.6 Å². The summed E-state index contributed by atoms with van der Waals surface area (Å²) in [6.07, 6.45) is 0.198. The number of rotatable bonds is 9. The van der Waals surface area contributed by atoms with E-state index < -0.39 is 42.1 Å². The third-order valence-electron chi connectivity index (χ3n) is 5.97. The third-order valence-corrected chi connectivity index (χ3v) is 6.31. The number of pyridine rings is 1. The van der Waals surface area contributed by atoms with E-state index >= 15 is 0 Å². The Morgan fingerprint density at radius 3 is 2.67 bits per heavy atom. The Bertz CT molecular complexity index is 1540. The van der Waals surface area contributed by atoms with Crippen LogP contribution in [0, 0.1) is 18.6 Å². The summed E-state index contributed by atoms with van der Waals surface area (Å²) >= 11 is 6.38. The van der Waals surface area contributed by atoms with Gasteiger partial charge in [-0.3, -0.25) is 4.79 Å². The van der Waals surface area contributed by atoms with Crippen molar-refractivity contribution in [2.75, 3.05) is 7.11 Å². The van der Waals surface area contributed by atoms with Crippen LogP contribution in [0.2, 0.25) is 5.02 Å². The first-order valence-corrected chi connectivity index (χ1v) is 12.2. The lowest BCUT2D eigenvalue weighted by atomic mass is 10.0. The predicted octanol–water partition coefficient (Wildman–Crippen LogP) is 4.34. The van der Waals surface area contributed by atoms with Gasteiger partial charge in [0, 0.05) is 16.6 Å². The van der Waals surface area contributed by atoms with Gasteiger partial charge in [0.05, 0.1) is 42.7 Å². The SMILES string of the molecule is COC(=O)[C@H](O)CC(=O)N[C@@H](C)c1cc(F)cc(Cl)c1COc1cccc2c(-n3cc(F)cn3)cc(C)nc12. The zero-order chi connectivity index (χ0) is 28.3. The van der Waals surface area contributed by atoms with Crippen molar-refractivity contribution in [2.45, 2.75) is 39.0 Å². The van der Waals surface area contributed by atoms with Crippen LogP contribution in [0.1, 0.15) is 36.2 Å². The fourth-order valence-electron chi connectivity index (χ4n) is 4.15. The molecular formula is C27H25ClF2N4O5. The maximum atomic E-state index is 14.3. The van der Waals surface area contributed by atoms with E-state index in [2.05, 4.69) is 20.1 Å². The van der Waals surface area contributed by atoms with Crippen LogP contribution in [0.15, 0.2) is 48.8 Å². The molecule has 0 aliphatic carbocycles. The Morgan fingerprint density at radius 1 is 1.21 bits per heavy atom. The fraction of sp³-hybridized carbons (Fsp3) is 0.259. The number of amides is 1. The Balaban J connectivity index is 1.61. The number of esters is 1. The minimum atomic E-state index is -1.63. The van der Waals surface area contributed by atoms with Gasteiger partial charge in [-0.15, -0.1) is 0 Å². The molecule has 0 aliphatic heterocycles. The summed E-state index contributed by atoms with van der Waals surface area (Å²) in [7, 11) is 1.10. The monoisotopic (exact) mass is 558 g/mol. The average molecular weight is 559 g/mol. The van der Waals surface area contributed by atoms with E-state index in [1.807, 2.05) is 0 Å². The van der Waals surface area contributed by atoms with Crippen molar-refractivity contribution < 1.29 is 33.0 Å². The van der Waals surface area contributed by atoms with Gasteiger partial charge >= 0.3 is 5.97 Å². The molecule has 39 heavy (non-hydrogen) atoms. The van der Waals surface area contributed by atoms with Crippen molar-refractivity contribution in [3.63, 3.8) is 0 Å². The summed E-state index contributed by atoms with van der Waals surface area (Å²) < 4.78 is 39.9. The molecule has 0 unspecified atom stereocenters. The molecule has 2 aromatic heterocycles. The number of carbonyl (C=O) groups is 2. The lowest BCUT2D eigenvalue weighted by molar-refractivity contribution is -0.152. The maximum absolute atomic E-state index is 14.3. The number of halogens is 3. The Labute approximate surface area is 227 Å². The van der Waals surface area contributed by atoms with Crippen molar-refractivity contribution in [3.05, 3.63) is 82.3 Å². The molecule has 0 saturated heterocycles. The highest BCUT2D eigenvalue weighted by Crippen LogP contribution is 2.32. The number of fused-ring (bicyclic) bond motifs is 1. The van der Waals surface area contributed by atoms with Gasteiger partial charge in [-0.1, -0.05) is 23.7 Å². The summed E-state index contributed by atoms with van der Waals surface area (Å²) in [6.45, 7) is 3.30. The number of aromatic nitrogens is 3. The second kappa shape index (κ2) is 11.7. The van der Waals surface area contributed by atoms with Crippen molar-refractivity contribution in [2.24, 2.45) is 0 Å². The molecule has 204 valence electrons. The van der Waals surface area contributed by atoms with Crippen LogP contribution in [0.3, 0.4) is 0 Å². The van der Waals surface area contributed by atoms with Gasteiger partial charge in [0.1, 0.15) is 23.7 Å². The van der Waals surface area contributed by atoms with Gasteiger partial charge in [-0.2, -0.15) is 5.10 Å². The second-order valence-corrected chi connectivity index (χ2v) is 9.22. The number of ether oxygens (including phenoxy) is 2. The van der Waals surface area contributed by atoms with Crippen molar-refractivity contribution in [3.8, 4) is 11.4 Å². The molecule has 0 bridgehead atoms. The minimum absolute atomic E-state index is 0.0813. The van der Waals surface area contributed by atoms with Gasteiger partial charge in [-0.25, -0.2) is 23.2 Å².